The molecule has 0 radical (unpaired) electrons. The fourth-order valence-corrected chi connectivity index (χ4v) is 1.35. The van der Waals surface area contributed by atoms with E-state index in [0.29, 0.717) is 17.5 Å². The molecule has 0 saturated carbocycles. The lowest BCUT2D eigenvalue weighted by Gasteiger charge is -2.00. The monoisotopic (exact) mass is 207 g/mol. The zero-order valence-corrected chi connectivity index (χ0v) is 8.51. The largest absolute Gasteiger partial charge is 0.396 e. The number of aliphatic hydroxyl groups is 1. The van der Waals surface area contributed by atoms with Gasteiger partial charge in [0.15, 0.2) is 0 Å². The predicted molar refractivity (Wildman–Crippen MR) is 58.6 cm³/mol. The van der Waals surface area contributed by atoms with Crippen LogP contribution in [0.2, 0.25) is 0 Å². The highest BCUT2D eigenvalue weighted by molar-refractivity contribution is 5.63. The van der Waals surface area contributed by atoms with Crippen LogP contribution in [0.15, 0.2) is 24.3 Å². The quantitative estimate of drug-likeness (QED) is 0.608. The summed E-state index contributed by atoms with van der Waals surface area (Å²) in [5.74, 6) is 0. The van der Waals surface area contributed by atoms with Crippen LogP contribution in [0.4, 0.5) is 5.69 Å². The molecule has 0 amide bonds. The van der Waals surface area contributed by atoms with Crippen molar-refractivity contribution >= 4 is 11.8 Å². The molecule has 15 heavy (non-hydrogen) atoms. The molecule has 1 rings (SSSR count). The Morgan fingerprint density at radius 2 is 2.27 bits per heavy atom. The minimum Gasteiger partial charge on any atom is -0.396 e. The second-order valence-electron chi connectivity index (χ2n) is 3.18. The van der Waals surface area contributed by atoms with Crippen LogP contribution in [0, 0.1) is 17.0 Å². The van der Waals surface area contributed by atoms with Gasteiger partial charge in [-0.05, 0) is 19.4 Å². The third-order valence-electron chi connectivity index (χ3n) is 2.04. The lowest BCUT2D eigenvalue weighted by atomic mass is 10.1. The molecule has 0 aliphatic rings. The van der Waals surface area contributed by atoms with E-state index in [1.807, 2.05) is 0 Å². The van der Waals surface area contributed by atoms with Crippen molar-refractivity contribution in [1.29, 1.82) is 0 Å². The Labute approximate surface area is 88.0 Å². The van der Waals surface area contributed by atoms with Gasteiger partial charge >= 0.3 is 0 Å². The normalized spacial score (nSPS) is 10.8. The zero-order valence-electron chi connectivity index (χ0n) is 8.51. The van der Waals surface area contributed by atoms with Crippen LogP contribution in [0.1, 0.15) is 17.5 Å². The second-order valence-corrected chi connectivity index (χ2v) is 3.18. The summed E-state index contributed by atoms with van der Waals surface area (Å²) < 4.78 is 0. The smallest absolute Gasteiger partial charge is 0.279 e. The molecule has 0 aromatic heterocycles. The third-order valence-corrected chi connectivity index (χ3v) is 2.04. The molecular weight excluding hydrogens is 194 g/mol. The molecule has 1 aromatic carbocycles. The molecule has 0 aliphatic heterocycles. The molecule has 4 heteroatoms. The predicted octanol–water partition coefficient (Wildman–Crippen LogP) is 2.30. The summed E-state index contributed by atoms with van der Waals surface area (Å²) in [6, 6.07) is 5.18. The lowest BCUT2D eigenvalue weighted by Crippen LogP contribution is -1.94. The van der Waals surface area contributed by atoms with Crippen molar-refractivity contribution in [3.8, 4) is 0 Å². The number of benzene rings is 1. The van der Waals surface area contributed by atoms with Crippen molar-refractivity contribution in [1.82, 2.24) is 0 Å². The highest BCUT2D eigenvalue weighted by Crippen LogP contribution is 2.24. The van der Waals surface area contributed by atoms with Gasteiger partial charge < -0.3 is 5.11 Å². The Hall–Kier alpha value is -1.68. The van der Waals surface area contributed by atoms with Gasteiger partial charge in [-0.15, -0.1) is 0 Å². The molecule has 0 saturated heterocycles. The summed E-state index contributed by atoms with van der Waals surface area (Å²) in [5, 5.41) is 19.4. The second kappa shape index (κ2) is 5.26. The van der Waals surface area contributed by atoms with E-state index in [-0.39, 0.29) is 17.2 Å². The summed E-state index contributed by atoms with van der Waals surface area (Å²) in [6.07, 6.45) is 3.90. The van der Waals surface area contributed by atoms with Gasteiger partial charge in [-0.3, -0.25) is 10.1 Å². The highest BCUT2D eigenvalue weighted by Gasteiger charge is 2.13. The summed E-state index contributed by atoms with van der Waals surface area (Å²) >= 11 is 0. The van der Waals surface area contributed by atoms with E-state index < -0.39 is 0 Å². The minimum atomic E-state index is -0.381. The number of nitrogens with zero attached hydrogens (tertiary/aromatic N) is 1. The van der Waals surface area contributed by atoms with Crippen LogP contribution in [0.25, 0.3) is 6.08 Å². The SMILES string of the molecule is Cc1cccc(C=CCCO)c1[N+](=O)[O-]. The van der Waals surface area contributed by atoms with Crippen LogP contribution in [-0.2, 0) is 0 Å². The van der Waals surface area contributed by atoms with E-state index in [0.717, 1.165) is 0 Å². The van der Waals surface area contributed by atoms with Crippen LogP contribution in [0.5, 0.6) is 0 Å². The van der Waals surface area contributed by atoms with Gasteiger partial charge in [0.05, 0.1) is 10.5 Å². The van der Waals surface area contributed by atoms with E-state index in [9.17, 15) is 10.1 Å². The number of aliphatic hydroxyl groups excluding tert-OH is 1. The average molecular weight is 207 g/mol. The van der Waals surface area contributed by atoms with Crippen LogP contribution < -0.4 is 0 Å². The first-order valence-corrected chi connectivity index (χ1v) is 4.68. The van der Waals surface area contributed by atoms with E-state index in [4.69, 9.17) is 5.11 Å². The molecule has 0 spiro atoms. The number of nitro groups is 1. The molecule has 0 atom stereocenters. The molecule has 0 bridgehead atoms. The van der Waals surface area contributed by atoms with Gasteiger partial charge in [-0.2, -0.15) is 0 Å². The summed E-state index contributed by atoms with van der Waals surface area (Å²) in [6.45, 7) is 1.76. The van der Waals surface area contributed by atoms with E-state index >= 15 is 0 Å². The van der Waals surface area contributed by atoms with E-state index in [1.165, 1.54) is 0 Å². The molecule has 1 N–H and O–H groups in total. The summed E-state index contributed by atoms with van der Waals surface area (Å²) in [4.78, 5) is 10.4. The zero-order chi connectivity index (χ0) is 11.3. The number of aryl methyl sites for hydroxylation is 1. The first-order chi connectivity index (χ1) is 7.16. The Balaban J connectivity index is 3.06. The number of hydrogen-bond acceptors (Lipinski definition) is 3. The standard InChI is InChI=1S/C11H13NO3/c1-9-5-4-7-10(6-2-3-8-13)11(9)12(14)15/h2,4-7,13H,3,8H2,1H3. The maximum atomic E-state index is 10.8. The first kappa shape index (κ1) is 11.4. The highest BCUT2D eigenvalue weighted by atomic mass is 16.6. The Morgan fingerprint density at radius 1 is 1.53 bits per heavy atom. The van der Waals surface area contributed by atoms with Gasteiger partial charge in [0, 0.05) is 12.2 Å². The Kier molecular flexibility index (Phi) is 4.00. The van der Waals surface area contributed by atoms with Crippen molar-refractivity contribution in [2.45, 2.75) is 13.3 Å². The van der Waals surface area contributed by atoms with Gasteiger partial charge in [0.25, 0.3) is 5.69 Å². The Morgan fingerprint density at radius 3 is 2.87 bits per heavy atom. The summed E-state index contributed by atoms with van der Waals surface area (Å²) in [7, 11) is 0. The van der Waals surface area contributed by atoms with Gasteiger partial charge in [-0.1, -0.05) is 24.3 Å². The van der Waals surface area contributed by atoms with E-state index in [2.05, 4.69) is 0 Å². The number of hydrogen-bond donors (Lipinski definition) is 1. The molecule has 0 unspecified atom stereocenters. The fourth-order valence-electron chi connectivity index (χ4n) is 1.35. The van der Waals surface area contributed by atoms with Gasteiger partial charge in [0.1, 0.15) is 0 Å². The van der Waals surface area contributed by atoms with Crippen molar-refractivity contribution in [2.75, 3.05) is 6.61 Å². The van der Waals surface area contributed by atoms with Crippen molar-refractivity contribution in [3.63, 3.8) is 0 Å². The third kappa shape index (κ3) is 2.89. The molecule has 0 heterocycles. The maximum absolute atomic E-state index is 10.8. The maximum Gasteiger partial charge on any atom is 0.279 e. The number of para-hydroxylation sites is 1. The molecule has 0 aliphatic carbocycles. The van der Waals surface area contributed by atoms with Crippen LogP contribution >= 0.6 is 0 Å². The molecule has 1 aromatic rings. The Bertz CT molecular complexity index is 385. The number of nitro benzene ring substituents is 1. The topological polar surface area (TPSA) is 63.4 Å². The van der Waals surface area contributed by atoms with Crippen molar-refractivity contribution in [3.05, 3.63) is 45.5 Å². The molecule has 4 nitrogen and oxygen atoms in total. The lowest BCUT2D eigenvalue weighted by molar-refractivity contribution is -0.385. The van der Waals surface area contributed by atoms with Crippen molar-refractivity contribution < 1.29 is 10.0 Å². The summed E-state index contributed by atoms with van der Waals surface area (Å²) in [5.41, 5.74) is 1.35. The fraction of sp³-hybridized carbons (Fsp3) is 0.273. The molecular formula is C11H13NO3. The average Bonchev–Trinajstić information content (AvgIpc) is 2.17. The van der Waals surface area contributed by atoms with Crippen LogP contribution in [-0.4, -0.2) is 16.6 Å². The molecule has 0 fully saturated rings. The van der Waals surface area contributed by atoms with Gasteiger partial charge in [-0.25, -0.2) is 0 Å². The van der Waals surface area contributed by atoms with E-state index in [1.54, 1.807) is 37.3 Å². The van der Waals surface area contributed by atoms with Crippen molar-refractivity contribution in [2.24, 2.45) is 0 Å². The molecule has 80 valence electrons. The minimum absolute atomic E-state index is 0.0517. The number of rotatable bonds is 4. The first-order valence-electron chi connectivity index (χ1n) is 4.68. The van der Waals surface area contributed by atoms with Crippen LogP contribution in [0.3, 0.4) is 0 Å². The van der Waals surface area contributed by atoms with Gasteiger partial charge in [0.2, 0.25) is 0 Å².